The van der Waals surface area contributed by atoms with E-state index in [0.29, 0.717) is 12.2 Å². The first kappa shape index (κ1) is 15.7. The van der Waals surface area contributed by atoms with E-state index in [2.05, 4.69) is 4.98 Å². The van der Waals surface area contributed by atoms with Gasteiger partial charge < -0.3 is 9.64 Å². The molecule has 0 N–H and O–H groups in total. The van der Waals surface area contributed by atoms with Crippen LogP contribution in [0.2, 0.25) is 0 Å². The maximum atomic E-state index is 12.4. The van der Waals surface area contributed by atoms with E-state index >= 15 is 0 Å². The van der Waals surface area contributed by atoms with E-state index in [9.17, 15) is 9.59 Å². The Morgan fingerprint density at radius 3 is 2.96 bits per heavy atom. The molecule has 0 bridgehead atoms. The molecule has 0 saturated heterocycles. The summed E-state index contributed by atoms with van der Waals surface area (Å²) < 4.78 is 5.12. The number of carbonyl (C=O) groups excluding carboxylic acids is 2. The van der Waals surface area contributed by atoms with Crippen LogP contribution in [0.15, 0.2) is 29.6 Å². The molecule has 1 aliphatic heterocycles. The number of thiazole rings is 1. The number of hydrogen-bond acceptors (Lipinski definition) is 5. The van der Waals surface area contributed by atoms with E-state index in [1.54, 1.807) is 4.90 Å². The highest BCUT2D eigenvalue weighted by atomic mass is 32.1. The molecule has 1 aromatic heterocycles. The van der Waals surface area contributed by atoms with Crippen molar-refractivity contribution in [3.05, 3.63) is 45.9 Å². The number of ether oxygens (including phenoxy) is 1. The van der Waals surface area contributed by atoms with Gasteiger partial charge in [-0.1, -0.05) is 18.2 Å². The fraction of sp³-hybridized carbons (Fsp3) is 0.353. The summed E-state index contributed by atoms with van der Waals surface area (Å²) in [6.45, 7) is 2.33. The number of aromatic nitrogens is 1. The number of carbonyl (C=O) groups is 2. The molecular weight excluding hydrogens is 312 g/mol. The van der Waals surface area contributed by atoms with Gasteiger partial charge in [-0.3, -0.25) is 9.59 Å². The van der Waals surface area contributed by atoms with Gasteiger partial charge in [-0.2, -0.15) is 0 Å². The zero-order valence-corrected chi connectivity index (χ0v) is 13.8. The third kappa shape index (κ3) is 3.76. The van der Waals surface area contributed by atoms with Crippen molar-refractivity contribution in [3.8, 4) is 0 Å². The highest BCUT2D eigenvalue weighted by Gasteiger charge is 2.23. The van der Waals surface area contributed by atoms with Gasteiger partial charge in [-0.25, -0.2) is 4.98 Å². The molecular formula is C17H18N2O3S. The summed E-state index contributed by atoms with van der Waals surface area (Å²) in [4.78, 5) is 30.1. The Labute approximate surface area is 138 Å². The fourth-order valence-corrected chi connectivity index (χ4v) is 3.31. The van der Waals surface area contributed by atoms with Crippen LogP contribution in [0.5, 0.6) is 0 Å². The van der Waals surface area contributed by atoms with Gasteiger partial charge in [0.2, 0.25) is 0 Å². The third-order valence-electron chi connectivity index (χ3n) is 3.76. The summed E-state index contributed by atoms with van der Waals surface area (Å²) in [7, 11) is 0. The van der Waals surface area contributed by atoms with Crippen LogP contribution in [0.3, 0.4) is 0 Å². The summed E-state index contributed by atoms with van der Waals surface area (Å²) in [5.41, 5.74) is 2.78. The molecule has 1 amide bonds. The Kier molecular flexibility index (Phi) is 4.71. The summed E-state index contributed by atoms with van der Waals surface area (Å²) in [5, 5.41) is 2.74. The SMILES string of the molecule is Cc1nc(CC(=O)OCC(=O)N2CCCc3ccccc32)cs1. The molecule has 0 saturated carbocycles. The number of para-hydroxylation sites is 1. The molecule has 0 radical (unpaired) electrons. The van der Waals surface area contributed by atoms with E-state index < -0.39 is 5.97 Å². The van der Waals surface area contributed by atoms with E-state index in [0.717, 1.165) is 29.1 Å². The monoisotopic (exact) mass is 330 g/mol. The summed E-state index contributed by atoms with van der Waals surface area (Å²) in [5.74, 6) is -0.603. The van der Waals surface area contributed by atoms with Crippen LogP contribution in [0, 0.1) is 6.92 Å². The maximum absolute atomic E-state index is 12.4. The van der Waals surface area contributed by atoms with Crippen LogP contribution in [0.25, 0.3) is 0 Å². The zero-order valence-electron chi connectivity index (χ0n) is 12.9. The van der Waals surface area contributed by atoms with Gasteiger partial charge in [0.25, 0.3) is 5.91 Å². The quantitative estimate of drug-likeness (QED) is 0.808. The van der Waals surface area contributed by atoms with E-state index in [-0.39, 0.29) is 18.9 Å². The molecule has 5 nitrogen and oxygen atoms in total. The summed E-state index contributed by atoms with van der Waals surface area (Å²) in [6, 6.07) is 7.86. The normalized spacial score (nSPS) is 13.5. The Balaban J connectivity index is 1.57. The molecule has 1 aromatic carbocycles. The third-order valence-corrected chi connectivity index (χ3v) is 4.58. The Morgan fingerprint density at radius 2 is 2.17 bits per heavy atom. The van der Waals surface area contributed by atoms with E-state index in [4.69, 9.17) is 4.74 Å². The lowest BCUT2D eigenvalue weighted by Gasteiger charge is -2.29. The first-order valence-corrected chi connectivity index (χ1v) is 8.46. The second-order valence-electron chi connectivity index (χ2n) is 5.47. The number of anilines is 1. The predicted octanol–water partition coefficient (Wildman–Crippen LogP) is 2.52. The van der Waals surface area contributed by atoms with E-state index in [1.165, 1.54) is 11.3 Å². The highest BCUT2D eigenvalue weighted by molar-refractivity contribution is 7.09. The zero-order chi connectivity index (χ0) is 16.2. The minimum Gasteiger partial charge on any atom is -0.455 e. The number of nitrogens with zero attached hydrogens (tertiary/aromatic N) is 2. The summed E-state index contributed by atoms with van der Waals surface area (Å²) in [6.07, 6.45) is 2.01. The average Bonchev–Trinajstić information content (AvgIpc) is 2.97. The topological polar surface area (TPSA) is 59.5 Å². The van der Waals surface area contributed by atoms with Crippen LogP contribution in [0.4, 0.5) is 5.69 Å². The minimum absolute atomic E-state index is 0.105. The molecule has 6 heteroatoms. The second kappa shape index (κ2) is 6.91. The molecule has 1 aliphatic rings. The molecule has 0 aliphatic carbocycles. The van der Waals surface area contributed by atoms with Gasteiger partial charge in [0.15, 0.2) is 6.61 Å². The predicted molar refractivity (Wildman–Crippen MR) is 88.6 cm³/mol. The lowest BCUT2D eigenvalue weighted by molar-refractivity contribution is -0.147. The van der Waals surface area contributed by atoms with Crippen molar-refractivity contribution in [2.24, 2.45) is 0 Å². The molecule has 0 fully saturated rings. The Bertz CT molecular complexity index is 726. The van der Waals surface area contributed by atoms with Gasteiger partial charge >= 0.3 is 5.97 Å². The van der Waals surface area contributed by atoms with Gasteiger partial charge in [0.05, 0.1) is 17.1 Å². The fourth-order valence-electron chi connectivity index (χ4n) is 2.70. The van der Waals surface area contributed by atoms with Crippen LogP contribution < -0.4 is 4.90 Å². The molecule has 0 unspecified atom stereocenters. The smallest absolute Gasteiger partial charge is 0.312 e. The first-order valence-electron chi connectivity index (χ1n) is 7.58. The second-order valence-corrected chi connectivity index (χ2v) is 6.54. The molecule has 2 heterocycles. The molecule has 0 atom stereocenters. The maximum Gasteiger partial charge on any atom is 0.312 e. The van der Waals surface area contributed by atoms with Gasteiger partial charge in [0, 0.05) is 17.6 Å². The lowest BCUT2D eigenvalue weighted by atomic mass is 10.0. The molecule has 2 aromatic rings. The van der Waals surface area contributed by atoms with Crippen LogP contribution in [-0.4, -0.2) is 30.0 Å². The van der Waals surface area contributed by atoms with Gasteiger partial charge in [-0.15, -0.1) is 11.3 Å². The van der Waals surface area contributed by atoms with Crippen molar-refractivity contribution >= 4 is 28.9 Å². The number of rotatable bonds is 4. The van der Waals surface area contributed by atoms with Gasteiger partial charge in [-0.05, 0) is 31.4 Å². The minimum atomic E-state index is -0.422. The van der Waals surface area contributed by atoms with Crippen LogP contribution in [0.1, 0.15) is 22.7 Å². The number of benzene rings is 1. The van der Waals surface area contributed by atoms with Crippen molar-refractivity contribution < 1.29 is 14.3 Å². The van der Waals surface area contributed by atoms with Crippen molar-refractivity contribution in [2.75, 3.05) is 18.1 Å². The van der Waals surface area contributed by atoms with Crippen molar-refractivity contribution in [1.29, 1.82) is 0 Å². The number of amides is 1. The number of fused-ring (bicyclic) bond motifs is 1. The number of aryl methyl sites for hydroxylation is 2. The molecule has 120 valence electrons. The number of esters is 1. The molecule has 3 rings (SSSR count). The highest BCUT2D eigenvalue weighted by Crippen LogP contribution is 2.26. The first-order chi connectivity index (χ1) is 11.1. The largest absolute Gasteiger partial charge is 0.455 e. The number of hydrogen-bond donors (Lipinski definition) is 0. The molecule has 23 heavy (non-hydrogen) atoms. The van der Waals surface area contributed by atoms with E-state index in [1.807, 2.05) is 36.6 Å². The standard InChI is InChI=1S/C17H18N2O3S/c1-12-18-14(11-23-12)9-17(21)22-10-16(20)19-8-4-6-13-5-2-3-7-15(13)19/h2-3,5,7,11H,4,6,8-10H2,1H3. The average molecular weight is 330 g/mol. The lowest BCUT2D eigenvalue weighted by Crippen LogP contribution is -2.38. The van der Waals surface area contributed by atoms with Crippen molar-refractivity contribution in [3.63, 3.8) is 0 Å². The van der Waals surface area contributed by atoms with Crippen molar-refractivity contribution in [2.45, 2.75) is 26.2 Å². The van der Waals surface area contributed by atoms with Gasteiger partial charge in [0.1, 0.15) is 0 Å². The van der Waals surface area contributed by atoms with Crippen molar-refractivity contribution in [1.82, 2.24) is 4.98 Å². The Hall–Kier alpha value is -2.21. The molecule has 0 spiro atoms. The Morgan fingerprint density at radius 1 is 1.35 bits per heavy atom. The van der Waals surface area contributed by atoms with Crippen LogP contribution in [-0.2, 0) is 27.2 Å². The summed E-state index contributed by atoms with van der Waals surface area (Å²) >= 11 is 1.49. The van der Waals surface area contributed by atoms with Crippen LogP contribution >= 0.6 is 11.3 Å².